The van der Waals surface area contributed by atoms with Crippen molar-refractivity contribution in [1.29, 1.82) is 0 Å². The summed E-state index contributed by atoms with van der Waals surface area (Å²) in [4.78, 5) is 10.3. The predicted molar refractivity (Wildman–Crippen MR) is 37.8 cm³/mol. The average Bonchev–Trinajstić information content (AvgIpc) is 1.84. The maximum absolute atomic E-state index is 10.3. The third-order valence-corrected chi connectivity index (χ3v) is 1.48. The molecule has 3 nitrogen and oxygen atoms in total. The lowest BCUT2D eigenvalue weighted by Crippen LogP contribution is -2.34. The Labute approximate surface area is 60.7 Å². The zero-order valence-corrected chi connectivity index (χ0v) is 6.42. The Morgan fingerprint density at radius 3 is 2.40 bits per heavy atom. The van der Waals surface area contributed by atoms with Crippen molar-refractivity contribution in [3.05, 3.63) is 0 Å². The minimum Gasteiger partial charge on any atom is -0.479 e. The zero-order chi connectivity index (χ0) is 8.20. The number of rotatable bonds is 4. The Balaban J connectivity index is 3.75. The number of hydrogen-bond donors (Lipinski definition) is 2. The van der Waals surface area contributed by atoms with E-state index in [0.717, 1.165) is 12.8 Å². The van der Waals surface area contributed by atoms with E-state index in [1.165, 1.54) is 6.92 Å². The van der Waals surface area contributed by atoms with Gasteiger partial charge in [0, 0.05) is 0 Å². The van der Waals surface area contributed by atoms with E-state index in [4.69, 9.17) is 10.2 Å². The summed E-state index contributed by atoms with van der Waals surface area (Å²) in [5.41, 5.74) is -1.53. The van der Waals surface area contributed by atoms with Crippen LogP contribution in [-0.2, 0) is 4.79 Å². The first kappa shape index (κ1) is 9.43. The molecule has 1 atom stereocenters. The Morgan fingerprint density at radius 2 is 2.10 bits per heavy atom. The summed E-state index contributed by atoms with van der Waals surface area (Å²) in [5, 5.41) is 17.5. The van der Waals surface area contributed by atoms with E-state index in [2.05, 4.69) is 0 Å². The maximum Gasteiger partial charge on any atom is 0.335 e. The van der Waals surface area contributed by atoms with E-state index >= 15 is 0 Å². The summed E-state index contributed by atoms with van der Waals surface area (Å²) in [6, 6.07) is 0. The Hall–Kier alpha value is -0.570. The summed E-state index contributed by atoms with van der Waals surface area (Å²) >= 11 is 0. The van der Waals surface area contributed by atoms with E-state index < -0.39 is 11.6 Å². The van der Waals surface area contributed by atoms with E-state index in [0.29, 0.717) is 6.42 Å². The molecule has 0 bridgehead atoms. The molecule has 0 saturated carbocycles. The van der Waals surface area contributed by atoms with Gasteiger partial charge in [-0.15, -0.1) is 0 Å². The topological polar surface area (TPSA) is 57.5 Å². The van der Waals surface area contributed by atoms with Gasteiger partial charge in [0.2, 0.25) is 0 Å². The third kappa shape index (κ3) is 2.82. The lowest BCUT2D eigenvalue weighted by Gasteiger charge is -2.16. The fourth-order valence-electron chi connectivity index (χ4n) is 0.628. The van der Waals surface area contributed by atoms with E-state index in [-0.39, 0.29) is 0 Å². The molecular weight excluding hydrogens is 132 g/mol. The van der Waals surface area contributed by atoms with E-state index in [1.807, 2.05) is 6.92 Å². The first-order valence-electron chi connectivity index (χ1n) is 3.46. The highest BCUT2D eigenvalue weighted by atomic mass is 16.4. The molecule has 0 heterocycles. The van der Waals surface area contributed by atoms with Crippen LogP contribution in [0.25, 0.3) is 0 Å². The summed E-state index contributed by atoms with van der Waals surface area (Å²) < 4.78 is 0. The van der Waals surface area contributed by atoms with Crippen molar-refractivity contribution in [3.63, 3.8) is 0 Å². The van der Waals surface area contributed by atoms with Crippen LogP contribution < -0.4 is 0 Å². The van der Waals surface area contributed by atoms with Crippen LogP contribution in [-0.4, -0.2) is 21.8 Å². The smallest absolute Gasteiger partial charge is 0.335 e. The largest absolute Gasteiger partial charge is 0.479 e. The van der Waals surface area contributed by atoms with Gasteiger partial charge in [-0.3, -0.25) is 0 Å². The van der Waals surface area contributed by atoms with Gasteiger partial charge in [0.25, 0.3) is 0 Å². The van der Waals surface area contributed by atoms with Gasteiger partial charge in [-0.2, -0.15) is 0 Å². The molecule has 0 aliphatic carbocycles. The van der Waals surface area contributed by atoms with Crippen LogP contribution in [0.1, 0.15) is 33.1 Å². The second-order valence-electron chi connectivity index (χ2n) is 2.68. The van der Waals surface area contributed by atoms with Crippen molar-refractivity contribution >= 4 is 5.97 Å². The summed E-state index contributed by atoms with van der Waals surface area (Å²) in [6.45, 7) is 3.28. The van der Waals surface area contributed by atoms with Gasteiger partial charge in [0.15, 0.2) is 5.60 Å². The number of carboxylic acid groups (broad SMARTS) is 1. The molecule has 10 heavy (non-hydrogen) atoms. The third-order valence-electron chi connectivity index (χ3n) is 1.48. The van der Waals surface area contributed by atoms with Crippen molar-refractivity contribution in [3.8, 4) is 0 Å². The number of hydrogen-bond acceptors (Lipinski definition) is 2. The van der Waals surface area contributed by atoms with Crippen molar-refractivity contribution in [1.82, 2.24) is 0 Å². The molecule has 60 valence electrons. The summed E-state index contributed by atoms with van der Waals surface area (Å²) in [6.07, 6.45) is 1.99. The molecule has 0 aromatic heterocycles. The van der Waals surface area contributed by atoms with Gasteiger partial charge >= 0.3 is 5.97 Å². The molecule has 0 aliphatic heterocycles. The number of unbranched alkanes of at least 4 members (excludes halogenated alkanes) is 1. The van der Waals surface area contributed by atoms with Crippen LogP contribution in [0.5, 0.6) is 0 Å². The van der Waals surface area contributed by atoms with Gasteiger partial charge < -0.3 is 10.2 Å². The van der Waals surface area contributed by atoms with Crippen LogP contribution in [0, 0.1) is 0 Å². The van der Waals surface area contributed by atoms with Crippen molar-refractivity contribution in [2.24, 2.45) is 0 Å². The lowest BCUT2D eigenvalue weighted by molar-refractivity contribution is -0.157. The number of aliphatic carboxylic acids is 1. The normalized spacial score (nSPS) is 16.3. The Morgan fingerprint density at radius 1 is 1.60 bits per heavy atom. The molecule has 0 fully saturated rings. The Bertz CT molecular complexity index is 118. The van der Waals surface area contributed by atoms with E-state index in [9.17, 15) is 4.79 Å². The van der Waals surface area contributed by atoms with Gasteiger partial charge in [0.05, 0.1) is 0 Å². The first-order chi connectivity index (χ1) is 4.50. The SMILES string of the molecule is CCCC[C@](C)(O)C(=O)O. The molecule has 0 radical (unpaired) electrons. The molecule has 0 amide bonds. The molecule has 0 spiro atoms. The van der Waals surface area contributed by atoms with Gasteiger partial charge in [-0.05, 0) is 13.3 Å². The predicted octanol–water partition coefficient (Wildman–Crippen LogP) is 1.01. The van der Waals surface area contributed by atoms with Crippen LogP contribution in [0.2, 0.25) is 0 Å². The van der Waals surface area contributed by atoms with Gasteiger partial charge in [-0.1, -0.05) is 19.8 Å². The highest BCUT2D eigenvalue weighted by Crippen LogP contribution is 2.12. The van der Waals surface area contributed by atoms with Crippen molar-refractivity contribution in [2.45, 2.75) is 38.7 Å². The average molecular weight is 146 g/mol. The number of carbonyl (C=O) groups is 1. The highest BCUT2D eigenvalue weighted by Gasteiger charge is 2.28. The molecule has 0 unspecified atom stereocenters. The second kappa shape index (κ2) is 3.56. The molecule has 0 rings (SSSR count). The number of carboxylic acids is 1. The zero-order valence-electron chi connectivity index (χ0n) is 6.42. The standard InChI is InChI=1S/C7H14O3/c1-3-4-5-7(2,10)6(8)9/h10H,3-5H2,1-2H3,(H,8,9)/t7-/m0/s1. The molecule has 0 aromatic carbocycles. The second-order valence-corrected chi connectivity index (χ2v) is 2.68. The van der Waals surface area contributed by atoms with Crippen LogP contribution >= 0.6 is 0 Å². The Kier molecular flexibility index (Phi) is 3.36. The fraction of sp³-hybridized carbons (Fsp3) is 0.857. The van der Waals surface area contributed by atoms with Crippen LogP contribution in [0.4, 0.5) is 0 Å². The van der Waals surface area contributed by atoms with Crippen molar-refractivity contribution in [2.75, 3.05) is 0 Å². The fourth-order valence-corrected chi connectivity index (χ4v) is 0.628. The maximum atomic E-state index is 10.3. The minimum atomic E-state index is -1.53. The minimum absolute atomic E-state index is 0.332. The molecule has 0 aliphatic rings. The molecule has 2 N–H and O–H groups in total. The quantitative estimate of drug-likeness (QED) is 0.622. The van der Waals surface area contributed by atoms with Crippen molar-refractivity contribution < 1.29 is 15.0 Å². The monoisotopic (exact) mass is 146 g/mol. The highest BCUT2D eigenvalue weighted by molar-refractivity contribution is 5.76. The van der Waals surface area contributed by atoms with Crippen LogP contribution in [0.15, 0.2) is 0 Å². The number of aliphatic hydroxyl groups is 1. The van der Waals surface area contributed by atoms with E-state index in [1.54, 1.807) is 0 Å². The molecule has 3 heteroatoms. The molecule has 0 aromatic rings. The molecular formula is C7H14O3. The summed E-state index contributed by atoms with van der Waals surface area (Å²) in [7, 11) is 0. The lowest BCUT2D eigenvalue weighted by atomic mass is 10.00. The van der Waals surface area contributed by atoms with Crippen LogP contribution in [0.3, 0.4) is 0 Å². The van der Waals surface area contributed by atoms with Gasteiger partial charge in [0.1, 0.15) is 0 Å². The van der Waals surface area contributed by atoms with Gasteiger partial charge in [-0.25, -0.2) is 4.79 Å². The first-order valence-corrected chi connectivity index (χ1v) is 3.46. The summed E-state index contributed by atoms with van der Waals surface area (Å²) in [5.74, 6) is -1.14. The molecule has 0 saturated heterocycles.